The van der Waals surface area contributed by atoms with Gasteiger partial charge in [-0.1, -0.05) is 6.92 Å². The fraction of sp³-hybridized carbons (Fsp3) is 0.538. The van der Waals surface area contributed by atoms with Crippen molar-refractivity contribution in [3.8, 4) is 0 Å². The van der Waals surface area contributed by atoms with E-state index in [4.69, 9.17) is 11.6 Å². The predicted molar refractivity (Wildman–Crippen MR) is 77.6 cm³/mol. The minimum absolute atomic E-state index is 0.222. The SMILES string of the molecule is CCc1cc2c(NCC(Cl)C3CC3)ncnc2s1. The van der Waals surface area contributed by atoms with Gasteiger partial charge in [-0.15, -0.1) is 22.9 Å². The van der Waals surface area contributed by atoms with E-state index in [1.54, 1.807) is 17.7 Å². The molecular formula is C13H16ClN3S. The maximum Gasteiger partial charge on any atom is 0.138 e. The number of aryl methyl sites for hydroxylation is 1. The quantitative estimate of drug-likeness (QED) is 0.850. The van der Waals surface area contributed by atoms with Crippen LogP contribution in [0, 0.1) is 5.92 Å². The largest absolute Gasteiger partial charge is 0.368 e. The molecule has 1 atom stereocenters. The van der Waals surface area contributed by atoms with Crippen LogP contribution in [0.5, 0.6) is 0 Å². The first-order chi connectivity index (χ1) is 8.78. The summed E-state index contributed by atoms with van der Waals surface area (Å²) in [7, 11) is 0. The Kier molecular flexibility index (Phi) is 3.39. The van der Waals surface area contributed by atoms with Gasteiger partial charge in [0.15, 0.2) is 0 Å². The van der Waals surface area contributed by atoms with Gasteiger partial charge in [0.25, 0.3) is 0 Å². The van der Waals surface area contributed by atoms with E-state index in [0.29, 0.717) is 5.92 Å². The molecule has 18 heavy (non-hydrogen) atoms. The first-order valence-corrected chi connectivity index (χ1v) is 7.64. The zero-order valence-electron chi connectivity index (χ0n) is 10.3. The van der Waals surface area contributed by atoms with Crippen molar-refractivity contribution >= 4 is 39.0 Å². The molecule has 1 N–H and O–H groups in total. The third-order valence-electron chi connectivity index (χ3n) is 3.33. The monoisotopic (exact) mass is 281 g/mol. The molecule has 0 aromatic carbocycles. The van der Waals surface area contributed by atoms with Gasteiger partial charge >= 0.3 is 0 Å². The van der Waals surface area contributed by atoms with E-state index < -0.39 is 0 Å². The van der Waals surface area contributed by atoms with Gasteiger partial charge in [-0.3, -0.25) is 0 Å². The minimum Gasteiger partial charge on any atom is -0.368 e. The summed E-state index contributed by atoms with van der Waals surface area (Å²) in [6.07, 6.45) is 5.21. The normalized spacial score (nSPS) is 17.0. The Bertz CT molecular complexity index is 550. The highest BCUT2D eigenvalue weighted by atomic mass is 35.5. The average Bonchev–Trinajstić information content (AvgIpc) is 3.15. The zero-order chi connectivity index (χ0) is 12.5. The molecule has 0 radical (unpaired) electrons. The smallest absolute Gasteiger partial charge is 0.138 e. The lowest BCUT2D eigenvalue weighted by atomic mass is 10.2. The van der Waals surface area contributed by atoms with Gasteiger partial charge in [-0.2, -0.15) is 0 Å². The molecule has 1 fully saturated rings. The number of alkyl halides is 1. The third-order valence-corrected chi connectivity index (χ3v) is 5.02. The Morgan fingerprint density at radius 2 is 2.33 bits per heavy atom. The maximum absolute atomic E-state index is 6.31. The molecule has 0 amide bonds. The summed E-state index contributed by atoms with van der Waals surface area (Å²) in [5, 5.41) is 4.72. The molecule has 0 spiro atoms. The second-order valence-corrected chi connectivity index (χ2v) is 6.42. The van der Waals surface area contributed by atoms with Crippen molar-refractivity contribution in [3.63, 3.8) is 0 Å². The van der Waals surface area contributed by atoms with Crippen molar-refractivity contribution in [2.45, 2.75) is 31.6 Å². The topological polar surface area (TPSA) is 37.8 Å². The average molecular weight is 282 g/mol. The number of anilines is 1. The summed E-state index contributed by atoms with van der Waals surface area (Å²) in [5.41, 5.74) is 0. The molecule has 3 rings (SSSR count). The van der Waals surface area contributed by atoms with Crippen molar-refractivity contribution in [1.82, 2.24) is 9.97 Å². The molecule has 2 aromatic rings. The number of rotatable bonds is 5. The van der Waals surface area contributed by atoms with Crippen LogP contribution in [-0.4, -0.2) is 21.9 Å². The van der Waals surface area contributed by atoms with Gasteiger partial charge in [0.1, 0.15) is 17.0 Å². The lowest BCUT2D eigenvalue weighted by Gasteiger charge is -2.10. The van der Waals surface area contributed by atoms with Crippen molar-refractivity contribution in [2.24, 2.45) is 5.92 Å². The summed E-state index contributed by atoms with van der Waals surface area (Å²) in [4.78, 5) is 11.1. The lowest BCUT2D eigenvalue weighted by molar-refractivity contribution is 0.769. The molecular weight excluding hydrogens is 266 g/mol. The molecule has 1 aliphatic carbocycles. The number of nitrogens with zero attached hydrogens (tertiary/aromatic N) is 2. The second kappa shape index (κ2) is 5.02. The maximum atomic E-state index is 6.31. The lowest BCUT2D eigenvalue weighted by Crippen LogP contribution is -2.16. The van der Waals surface area contributed by atoms with E-state index in [9.17, 15) is 0 Å². The van der Waals surface area contributed by atoms with Crippen LogP contribution < -0.4 is 5.32 Å². The van der Waals surface area contributed by atoms with Crippen LogP contribution in [0.15, 0.2) is 12.4 Å². The molecule has 0 aliphatic heterocycles. The van der Waals surface area contributed by atoms with Gasteiger partial charge < -0.3 is 5.32 Å². The number of fused-ring (bicyclic) bond motifs is 1. The molecule has 3 nitrogen and oxygen atoms in total. The highest BCUT2D eigenvalue weighted by Gasteiger charge is 2.29. The van der Waals surface area contributed by atoms with Crippen molar-refractivity contribution in [1.29, 1.82) is 0 Å². The summed E-state index contributed by atoms with van der Waals surface area (Å²) in [6, 6.07) is 2.18. The Balaban J connectivity index is 1.79. The molecule has 1 saturated carbocycles. The molecule has 2 aromatic heterocycles. The van der Waals surface area contributed by atoms with E-state index >= 15 is 0 Å². The van der Waals surface area contributed by atoms with Crippen molar-refractivity contribution in [2.75, 3.05) is 11.9 Å². The molecule has 1 unspecified atom stereocenters. The number of halogens is 1. The third kappa shape index (κ3) is 2.45. The van der Waals surface area contributed by atoms with Gasteiger partial charge in [0, 0.05) is 11.4 Å². The number of aromatic nitrogens is 2. The summed E-state index contributed by atoms with van der Waals surface area (Å²) in [5.74, 6) is 1.62. The number of hydrogen-bond acceptors (Lipinski definition) is 4. The highest BCUT2D eigenvalue weighted by Crippen LogP contribution is 2.36. The molecule has 2 heterocycles. The first kappa shape index (κ1) is 12.2. The highest BCUT2D eigenvalue weighted by molar-refractivity contribution is 7.18. The van der Waals surface area contributed by atoms with Gasteiger partial charge in [-0.25, -0.2) is 9.97 Å². The number of hydrogen-bond donors (Lipinski definition) is 1. The van der Waals surface area contributed by atoms with Crippen LogP contribution in [0.3, 0.4) is 0 Å². The van der Waals surface area contributed by atoms with Gasteiger partial charge in [0.2, 0.25) is 0 Å². The minimum atomic E-state index is 0.222. The van der Waals surface area contributed by atoms with E-state index in [1.165, 1.54) is 17.7 Å². The molecule has 0 bridgehead atoms. The Hall–Kier alpha value is -0.870. The second-order valence-electron chi connectivity index (χ2n) is 4.74. The van der Waals surface area contributed by atoms with E-state index in [2.05, 4.69) is 28.3 Å². The van der Waals surface area contributed by atoms with Crippen LogP contribution in [-0.2, 0) is 6.42 Å². The fourth-order valence-electron chi connectivity index (χ4n) is 2.04. The van der Waals surface area contributed by atoms with Crippen LogP contribution in [0.25, 0.3) is 10.2 Å². The molecule has 5 heteroatoms. The van der Waals surface area contributed by atoms with E-state index in [-0.39, 0.29) is 5.38 Å². The van der Waals surface area contributed by atoms with E-state index in [1.807, 2.05) is 0 Å². The Labute approximate surface area is 116 Å². The van der Waals surface area contributed by atoms with Gasteiger partial charge in [-0.05, 0) is 31.2 Å². The standard InChI is InChI=1S/C13H16ClN3S/c1-2-9-5-10-12(16-7-17-13(10)18-9)15-6-11(14)8-3-4-8/h5,7-8,11H,2-4,6H2,1H3,(H,15,16,17). The molecule has 1 aliphatic rings. The summed E-state index contributed by atoms with van der Waals surface area (Å²) >= 11 is 8.05. The first-order valence-electron chi connectivity index (χ1n) is 6.39. The number of nitrogens with one attached hydrogen (secondary N) is 1. The van der Waals surface area contributed by atoms with Crippen LogP contribution in [0.1, 0.15) is 24.6 Å². The van der Waals surface area contributed by atoms with Crippen LogP contribution >= 0.6 is 22.9 Å². The fourth-order valence-corrected chi connectivity index (χ4v) is 3.30. The Morgan fingerprint density at radius 3 is 3.06 bits per heavy atom. The Morgan fingerprint density at radius 1 is 1.50 bits per heavy atom. The summed E-state index contributed by atoms with van der Waals surface area (Å²) < 4.78 is 0. The van der Waals surface area contributed by atoms with Crippen LogP contribution in [0.4, 0.5) is 5.82 Å². The molecule has 0 saturated heterocycles. The zero-order valence-corrected chi connectivity index (χ0v) is 11.9. The molecule has 96 valence electrons. The predicted octanol–water partition coefficient (Wildman–Crippen LogP) is 3.68. The van der Waals surface area contributed by atoms with Crippen molar-refractivity contribution < 1.29 is 0 Å². The number of thiophene rings is 1. The van der Waals surface area contributed by atoms with Crippen LogP contribution in [0.2, 0.25) is 0 Å². The van der Waals surface area contributed by atoms with Gasteiger partial charge in [0.05, 0.1) is 10.8 Å². The van der Waals surface area contributed by atoms with E-state index in [0.717, 1.165) is 29.0 Å². The summed E-state index contributed by atoms with van der Waals surface area (Å²) in [6.45, 7) is 2.95. The van der Waals surface area contributed by atoms with Crippen molar-refractivity contribution in [3.05, 3.63) is 17.3 Å².